The molecule has 1 N–H and O–H groups in total. The number of hydrogen-bond acceptors (Lipinski definition) is 4. The molecule has 0 saturated carbocycles. The normalized spacial score (nSPS) is 13.2. The molecular weight excluding hydrogens is 348 g/mol. The number of nitrogens with zero attached hydrogens (tertiary/aromatic N) is 3. The average molecular weight is 372 g/mol. The minimum absolute atomic E-state index is 0.212. The summed E-state index contributed by atoms with van der Waals surface area (Å²) < 4.78 is 0. The number of aryl methyl sites for hydroxylation is 3. The lowest BCUT2D eigenvalue weighted by molar-refractivity contribution is 0.102. The van der Waals surface area contributed by atoms with Crippen molar-refractivity contribution in [2.24, 2.45) is 0 Å². The Balaban J connectivity index is 1.55. The van der Waals surface area contributed by atoms with Gasteiger partial charge in [-0.1, -0.05) is 42.0 Å². The summed E-state index contributed by atoms with van der Waals surface area (Å²) in [4.78, 5) is 23.9. The first-order chi connectivity index (χ1) is 13.5. The Kier molecular flexibility index (Phi) is 4.82. The zero-order valence-electron chi connectivity index (χ0n) is 16.5. The predicted molar refractivity (Wildman–Crippen MR) is 112 cm³/mol. The first-order valence-electron chi connectivity index (χ1n) is 9.55. The Morgan fingerprint density at radius 3 is 2.50 bits per heavy atom. The molecule has 1 aliphatic rings. The fraction of sp³-hybridized carbons (Fsp3) is 0.261. The number of benzene rings is 2. The second-order valence-electron chi connectivity index (χ2n) is 7.41. The second kappa shape index (κ2) is 7.43. The minimum Gasteiger partial charge on any atom is -0.336 e. The Morgan fingerprint density at radius 1 is 1.04 bits per heavy atom. The van der Waals surface area contributed by atoms with Crippen LogP contribution in [0.3, 0.4) is 0 Å². The highest BCUT2D eigenvalue weighted by molar-refractivity contribution is 6.03. The predicted octanol–water partition coefficient (Wildman–Crippen LogP) is 4.22. The highest BCUT2D eigenvalue weighted by Crippen LogP contribution is 2.24. The van der Waals surface area contributed by atoms with Crippen molar-refractivity contribution in [2.45, 2.75) is 33.7 Å². The van der Waals surface area contributed by atoms with Crippen molar-refractivity contribution in [1.82, 2.24) is 9.97 Å². The van der Waals surface area contributed by atoms with Crippen molar-refractivity contribution in [1.29, 1.82) is 0 Å². The van der Waals surface area contributed by atoms with E-state index in [1.807, 2.05) is 13.8 Å². The zero-order chi connectivity index (χ0) is 19.7. The van der Waals surface area contributed by atoms with Gasteiger partial charge in [-0.15, -0.1) is 0 Å². The van der Waals surface area contributed by atoms with Gasteiger partial charge in [0.1, 0.15) is 5.69 Å². The lowest BCUT2D eigenvalue weighted by Gasteiger charge is -2.28. The van der Waals surface area contributed by atoms with Gasteiger partial charge in [0, 0.05) is 25.0 Å². The maximum Gasteiger partial charge on any atom is 0.274 e. The van der Waals surface area contributed by atoms with Crippen molar-refractivity contribution in [2.75, 3.05) is 16.8 Å². The molecule has 2 heterocycles. The van der Waals surface area contributed by atoms with Gasteiger partial charge in [-0.3, -0.25) is 4.79 Å². The Bertz CT molecular complexity index is 1020. The summed E-state index contributed by atoms with van der Waals surface area (Å²) in [6.45, 7) is 7.67. The summed E-state index contributed by atoms with van der Waals surface area (Å²) in [5, 5.41) is 3.02. The number of carbonyl (C=O) groups excluding carboxylic acids is 1. The van der Waals surface area contributed by atoms with Crippen molar-refractivity contribution in [3.63, 3.8) is 0 Å². The summed E-state index contributed by atoms with van der Waals surface area (Å²) in [7, 11) is 0. The molecule has 142 valence electrons. The number of rotatable bonds is 3. The van der Waals surface area contributed by atoms with Gasteiger partial charge in [0.2, 0.25) is 5.95 Å². The van der Waals surface area contributed by atoms with E-state index in [0.717, 1.165) is 36.3 Å². The van der Waals surface area contributed by atoms with Crippen molar-refractivity contribution in [3.05, 3.63) is 82.2 Å². The van der Waals surface area contributed by atoms with Crippen molar-refractivity contribution < 1.29 is 4.79 Å². The Hall–Kier alpha value is -3.21. The van der Waals surface area contributed by atoms with Crippen LogP contribution >= 0.6 is 0 Å². The highest BCUT2D eigenvalue weighted by Gasteiger charge is 2.19. The number of carbonyl (C=O) groups is 1. The smallest absolute Gasteiger partial charge is 0.274 e. The third kappa shape index (κ3) is 3.60. The second-order valence-corrected chi connectivity index (χ2v) is 7.41. The molecule has 0 saturated heterocycles. The third-order valence-corrected chi connectivity index (χ3v) is 5.20. The number of amides is 1. The number of hydrogen-bond donors (Lipinski definition) is 1. The Labute approximate surface area is 165 Å². The van der Waals surface area contributed by atoms with Crippen LogP contribution in [0.2, 0.25) is 0 Å². The first kappa shape index (κ1) is 18.2. The summed E-state index contributed by atoms with van der Waals surface area (Å²) in [6, 6.07) is 14.2. The van der Waals surface area contributed by atoms with Crippen LogP contribution in [-0.2, 0) is 13.0 Å². The molecule has 0 spiro atoms. The highest BCUT2D eigenvalue weighted by atomic mass is 16.1. The van der Waals surface area contributed by atoms with E-state index in [-0.39, 0.29) is 5.91 Å². The topological polar surface area (TPSA) is 58.1 Å². The van der Waals surface area contributed by atoms with E-state index in [9.17, 15) is 4.79 Å². The monoisotopic (exact) mass is 372 g/mol. The molecule has 0 radical (unpaired) electrons. The standard InChI is InChI=1S/C23H24N4O/c1-15-12-16(2)21(17(3)13-15)26-22(28)20-8-10-24-23(25-20)27-11-9-18-6-4-5-7-19(18)14-27/h4-8,10,12-13H,9,11,14H2,1-3H3,(H,26,28). The molecule has 0 aliphatic carbocycles. The number of fused-ring (bicyclic) bond motifs is 1. The van der Waals surface area contributed by atoms with Gasteiger partial charge in [-0.2, -0.15) is 0 Å². The zero-order valence-corrected chi connectivity index (χ0v) is 16.5. The van der Waals surface area contributed by atoms with Crippen LogP contribution in [0.5, 0.6) is 0 Å². The first-order valence-corrected chi connectivity index (χ1v) is 9.55. The Morgan fingerprint density at radius 2 is 1.75 bits per heavy atom. The molecule has 0 atom stereocenters. The quantitative estimate of drug-likeness (QED) is 0.748. The molecule has 1 aliphatic heterocycles. The van der Waals surface area contributed by atoms with Crippen LogP contribution in [0.4, 0.5) is 11.6 Å². The van der Waals surface area contributed by atoms with Gasteiger partial charge >= 0.3 is 0 Å². The molecule has 5 heteroatoms. The van der Waals surface area contributed by atoms with E-state index >= 15 is 0 Å². The third-order valence-electron chi connectivity index (χ3n) is 5.20. The number of nitrogens with one attached hydrogen (secondary N) is 1. The number of anilines is 2. The maximum absolute atomic E-state index is 12.8. The largest absolute Gasteiger partial charge is 0.336 e. The summed E-state index contributed by atoms with van der Waals surface area (Å²) >= 11 is 0. The molecule has 2 aromatic carbocycles. The van der Waals surface area contributed by atoms with Gasteiger partial charge < -0.3 is 10.2 Å². The molecule has 5 nitrogen and oxygen atoms in total. The molecule has 3 aromatic rings. The molecule has 4 rings (SSSR count). The van der Waals surface area contributed by atoms with E-state index in [1.54, 1.807) is 12.3 Å². The van der Waals surface area contributed by atoms with Gasteiger partial charge in [0.15, 0.2) is 0 Å². The molecule has 1 amide bonds. The van der Waals surface area contributed by atoms with Gasteiger partial charge in [0.05, 0.1) is 0 Å². The van der Waals surface area contributed by atoms with E-state index in [0.29, 0.717) is 11.6 Å². The van der Waals surface area contributed by atoms with Gasteiger partial charge in [-0.05, 0) is 55.5 Å². The minimum atomic E-state index is -0.212. The van der Waals surface area contributed by atoms with E-state index < -0.39 is 0 Å². The fourth-order valence-electron chi connectivity index (χ4n) is 3.85. The van der Waals surface area contributed by atoms with Gasteiger partial charge in [0.25, 0.3) is 5.91 Å². The van der Waals surface area contributed by atoms with Crippen LogP contribution in [0.1, 0.15) is 38.3 Å². The van der Waals surface area contributed by atoms with Crippen molar-refractivity contribution >= 4 is 17.5 Å². The molecule has 0 fully saturated rings. The van der Waals surface area contributed by atoms with E-state index in [1.165, 1.54) is 16.7 Å². The molecule has 0 bridgehead atoms. The summed E-state index contributed by atoms with van der Waals surface area (Å²) in [6.07, 6.45) is 2.62. The lowest BCUT2D eigenvalue weighted by Crippen LogP contribution is -2.32. The summed E-state index contributed by atoms with van der Waals surface area (Å²) in [5.41, 5.74) is 7.17. The van der Waals surface area contributed by atoms with Crippen LogP contribution in [-0.4, -0.2) is 22.4 Å². The molecular formula is C23H24N4O. The number of aromatic nitrogens is 2. The van der Waals surface area contributed by atoms with Gasteiger partial charge in [-0.25, -0.2) is 9.97 Å². The molecule has 28 heavy (non-hydrogen) atoms. The maximum atomic E-state index is 12.8. The van der Waals surface area contributed by atoms with Crippen LogP contribution < -0.4 is 10.2 Å². The SMILES string of the molecule is Cc1cc(C)c(NC(=O)c2ccnc(N3CCc4ccccc4C3)n2)c(C)c1. The summed E-state index contributed by atoms with van der Waals surface area (Å²) in [5.74, 6) is 0.385. The average Bonchev–Trinajstić information content (AvgIpc) is 2.70. The van der Waals surface area contributed by atoms with Crippen LogP contribution in [0, 0.1) is 20.8 Å². The lowest BCUT2D eigenvalue weighted by atomic mass is 10.0. The van der Waals surface area contributed by atoms with Crippen molar-refractivity contribution in [3.8, 4) is 0 Å². The van der Waals surface area contributed by atoms with Crippen LogP contribution in [0.25, 0.3) is 0 Å². The molecule has 0 unspecified atom stereocenters. The van der Waals surface area contributed by atoms with E-state index in [2.05, 4.69) is 63.5 Å². The fourth-order valence-corrected chi connectivity index (χ4v) is 3.85. The molecule has 1 aromatic heterocycles. The van der Waals surface area contributed by atoms with E-state index in [4.69, 9.17) is 0 Å². The van der Waals surface area contributed by atoms with Crippen LogP contribution in [0.15, 0.2) is 48.7 Å².